The van der Waals surface area contributed by atoms with Gasteiger partial charge < -0.3 is 9.30 Å². The van der Waals surface area contributed by atoms with Crippen LogP contribution in [0.25, 0.3) is 0 Å². The number of anilines is 2. The first-order chi connectivity index (χ1) is 15.1. The molecule has 0 unspecified atom stereocenters. The number of hydrogen-bond acceptors (Lipinski definition) is 8. The molecular weight excluding hydrogens is 436 g/mol. The molecule has 0 saturated carbocycles. The van der Waals surface area contributed by atoms with Crippen LogP contribution in [0.1, 0.15) is 34.1 Å². The average Bonchev–Trinajstić information content (AvgIpc) is 3.18. The van der Waals surface area contributed by atoms with E-state index in [2.05, 4.69) is 9.72 Å². The van der Waals surface area contributed by atoms with E-state index in [1.165, 1.54) is 29.4 Å². The number of nitro groups is 1. The number of thiazole rings is 1. The van der Waals surface area contributed by atoms with Gasteiger partial charge >= 0.3 is 17.2 Å². The van der Waals surface area contributed by atoms with Gasteiger partial charge in [-0.05, 0) is 37.1 Å². The zero-order valence-corrected chi connectivity index (χ0v) is 18.6. The van der Waals surface area contributed by atoms with Gasteiger partial charge in [0.25, 0.3) is 0 Å². The van der Waals surface area contributed by atoms with E-state index < -0.39 is 22.1 Å². The van der Waals surface area contributed by atoms with E-state index in [0.29, 0.717) is 16.5 Å². The summed E-state index contributed by atoms with van der Waals surface area (Å²) in [7, 11) is 1.14. The topological polar surface area (TPSA) is 125 Å². The van der Waals surface area contributed by atoms with Crippen LogP contribution in [-0.2, 0) is 16.1 Å². The molecule has 0 saturated heterocycles. The Morgan fingerprint density at radius 2 is 1.97 bits per heavy atom. The Kier molecular flexibility index (Phi) is 6.49. The van der Waals surface area contributed by atoms with Crippen molar-refractivity contribution < 1.29 is 19.2 Å². The van der Waals surface area contributed by atoms with Crippen LogP contribution in [0, 0.1) is 24.0 Å². The first-order valence-electron chi connectivity index (χ1n) is 9.42. The smallest absolute Gasteiger partial charge is 0.339 e. The molecule has 11 heteroatoms. The van der Waals surface area contributed by atoms with Gasteiger partial charge in [-0.15, -0.1) is 11.3 Å². The number of rotatable bonds is 6. The van der Waals surface area contributed by atoms with Crippen LogP contribution in [0.3, 0.4) is 0 Å². The van der Waals surface area contributed by atoms with Crippen LogP contribution >= 0.6 is 11.3 Å². The molecule has 3 aromatic rings. The van der Waals surface area contributed by atoms with Crippen molar-refractivity contribution in [1.29, 1.82) is 0 Å². The molecule has 1 amide bonds. The van der Waals surface area contributed by atoms with Gasteiger partial charge in [-0.1, -0.05) is 6.07 Å². The summed E-state index contributed by atoms with van der Waals surface area (Å²) < 4.78 is 5.64. The van der Waals surface area contributed by atoms with Crippen molar-refractivity contribution in [2.45, 2.75) is 27.3 Å². The van der Waals surface area contributed by atoms with E-state index >= 15 is 0 Å². The highest BCUT2D eigenvalue weighted by Gasteiger charge is 2.22. The van der Waals surface area contributed by atoms with Crippen molar-refractivity contribution in [3.8, 4) is 0 Å². The third-order valence-corrected chi connectivity index (χ3v) is 5.69. The zero-order valence-electron chi connectivity index (χ0n) is 17.8. The number of carbonyl (C=O) groups excluding carboxylic acids is 2. The number of pyridine rings is 1. The zero-order chi connectivity index (χ0) is 23.6. The second-order valence-corrected chi connectivity index (χ2v) is 7.88. The summed E-state index contributed by atoms with van der Waals surface area (Å²) >= 11 is 1.19. The van der Waals surface area contributed by atoms with Crippen LogP contribution in [-0.4, -0.2) is 33.5 Å². The molecule has 2 aromatic heterocycles. The molecule has 0 N–H and O–H groups in total. The number of hydrogen-bond donors (Lipinski definition) is 0. The number of carbonyl (C=O) groups is 2. The summed E-state index contributed by atoms with van der Waals surface area (Å²) in [6.45, 7) is 5.21. The Hall–Kier alpha value is -3.86. The van der Waals surface area contributed by atoms with Crippen molar-refractivity contribution in [1.82, 2.24) is 9.55 Å². The first-order valence-corrected chi connectivity index (χ1v) is 10.3. The van der Waals surface area contributed by atoms with E-state index in [0.717, 1.165) is 28.9 Å². The summed E-state index contributed by atoms with van der Waals surface area (Å²) in [6.07, 6.45) is 1.19. The Morgan fingerprint density at radius 3 is 2.56 bits per heavy atom. The Balaban J connectivity index is 1.99. The van der Waals surface area contributed by atoms with Gasteiger partial charge in [0.05, 0.1) is 35.5 Å². The lowest BCUT2D eigenvalue weighted by Crippen LogP contribution is -2.25. The number of amides is 1. The van der Waals surface area contributed by atoms with Crippen molar-refractivity contribution >= 4 is 39.7 Å². The van der Waals surface area contributed by atoms with Gasteiger partial charge in [-0.2, -0.15) is 0 Å². The summed E-state index contributed by atoms with van der Waals surface area (Å²) in [6, 6.07) is 6.49. The van der Waals surface area contributed by atoms with Crippen molar-refractivity contribution in [2.24, 2.45) is 0 Å². The molecule has 0 bridgehead atoms. The number of benzene rings is 1. The summed E-state index contributed by atoms with van der Waals surface area (Å²) in [5.41, 5.74) is 1.40. The SMILES string of the molecule is COC(=O)c1cc([N+](=O)[O-])c(=O)n(Cc2csc(N(C(C)=O)c3ccc(C)c(C)c3)n2)c1. The molecular formula is C21H20N4O6S. The first kappa shape index (κ1) is 22.8. The standard InChI is InChI=1S/C21H20N4O6S/c1-12-5-6-17(7-13(12)2)24(14(3)26)21-22-16(11-32-21)10-23-9-15(20(28)31-4)8-18(19(23)27)25(29)30/h5-9,11H,10H2,1-4H3. The summed E-state index contributed by atoms with van der Waals surface area (Å²) in [5.74, 6) is -1.05. The molecule has 0 aliphatic rings. The van der Waals surface area contributed by atoms with Gasteiger partial charge in [0.2, 0.25) is 5.91 Å². The van der Waals surface area contributed by atoms with Gasteiger partial charge in [0.1, 0.15) is 0 Å². The minimum Gasteiger partial charge on any atom is -0.465 e. The Morgan fingerprint density at radius 1 is 1.25 bits per heavy atom. The lowest BCUT2D eigenvalue weighted by atomic mass is 10.1. The Labute approximate surface area is 186 Å². The molecule has 0 spiro atoms. The quantitative estimate of drug-likeness (QED) is 0.316. The number of aryl methyl sites for hydroxylation is 2. The second-order valence-electron chi connectivity index (χ2n) is 7.04. The van der Waals surface area contributed by atoms with Crippen LogP contribution in [0.15, 0.2) is 40.6 Å². The molecule has 166 valence electrons. The molecule has 3 rings (SSSR count). The summed E-state index contributed by atoms with van der Waals surface area (Å²) in [4.78, 5) is 53.0. The maximum absolute atomic E-state index is 12.5. The third kappa shape index (κ3) is 4.57. The van der Waals surface area contributed by atoms with E-state index in [1.54, 1.807) is 5.38 Å². The highest BCUT2D eigenvalue weighted by atomic mass is 32.1. The fourth-order valence-electron chi connectivity index (χ4n) is 3.04. The molecule has 0 fully saturated rings. The van der Waals surface area contributed by atoms with E-state index in [-0.39, 0.29) is 18.0 Å². The van der Waals surface area contributed by atoms with Gasteiger partial charge in [0, 0.05) is 24.6 Å². The molecule has 0 aliphatic heterocycles. The average molecular weight is 456 g/mol. The number of aromatic nitrogens is 2. The fourth-order valence-corrected chi connectivity index (χ4v) is 3.91. The normalized spacial score (nSPS) is 10.6. The molecule has 10 nitrogen and oxygen atoms in total. The predicted molar refractivity (Wildman–Crippen MR) is 119 cm³/mol. The lowest BCUT2D eigenvalue weighted by molar-refractivity contribution is -0.386. The third-order valence-electron chi connectivity index (χ3n) is 4.81. The maximum atomic E-state index is 12.5. The van der Waals surface area contributed by atoms with Crippen LogP contribution in [0.2, 0.25) is 0 Å². The van der Waals surface area contributed by atoms with E-state index in [9.17, 15) is 24.5 Å². The predicted octanol–water partition coefficient (Wildman–Crippen LogP) is 3.35. The minimum absolute atomic E-state index is 0.125. The highest BCUT2D eigenvalue weighted by Crippen LogP contribution is 2.30. The monoisotopic (exact) mass is 456 g/mol. The molecule has 2 heterocycles. The van der Waals surface area contributed by atoms with Crippen molar-refractivity contribution in [2.75, 3.05) is 12.0 Å². The second kappa shape index (κ2) is 9.10. The molecule has 1 aromatic carbocycles. The molecule has 0 aliphatic carbocycles. The van der Waals surface area contributed by atoms with Crippen LogP contribution in [0.4, 0.5) is 16.5 Å². The lowest BCUT2D eigenvalue weighted by Gasteiger charge is -2.19. The van der Waals surface area contributed by atoms with Crippen LogP contribution in [0.5, 0.6) is 0 Å². The number of esters is 1. The number of methoxy groups -OCH3 is 1. The van der Waals surface area contributed by atoms with Crippen molar-refractivity contribution in [3.05, 3.63) is 78.7 Å². The molecule has 32 heavy (non-hydrogen) atoms. The Bertz CT molecular complexity index is 1280. The van der Waals surface area contributed by atoms with Gasteiger partial charge in [-0.3, -0.25) is 24.6 Å². The number of nitrogens with zero attached hydrogens (tertiary/aromatic N) is 4. The molecule has 0 radical (unpaired) electrons. The van der Waals surface area contributed by atoms with Crippen molar-refractivity contribution in [3.63, 3.8) is 0 Å². The number of ether oxygens (including phenoxy) is 1. The minimum atomic E-state index is -0.880. The fraction of sp³-hybridized carbons (Fsp3) is 0.238. The maximum Gasteiger partial charge on any atom is 0.339 e. The van der Waals surface area contributed by atoms with Gasteiger partial charge in [0.15, 0.2) is 5.13 Å². The highest BCUT2D eigenvalue weighted by molar-refractivity contribution is 7.14. The van der Waals surface area contributed by atoms with E-state index in [1.807, 2.05) is 32.0 Å². The van der Waals surface area contributed by atoms with E-state index in [4.69, 9.17) is 0 Å². The summed E-state index contributed by atoms with van der Waals surface area (Å²) in [5, 5.41) is 13.3. The largest absolute Gasteiger partial charge is 0.465 e. The van der Waals surface area contributed by atoms with Gasteiger partial charge in [-0.25, -0.2) is 9.78 Å². The molecule has 0 atom stereocenters. The van der Waals surface area contributed by atoms with Crippen LogP contribution < -0.4 is 10.5 Å².